The maximum atomic E-state index is 12.7. The van der Waals surface area contributed by atoms with Crippen molar-refractivity contribution in [2.75, 3.05) is 27.3 Å². The number of rotatable bonds is 3. The van der Waals surface area contributed by atoms with Gasteiger partial charge in [0.15, 0.2) is 0 Å². The third kappa shape index (κ3) is 3.53. The highest BCUT2D eigenvalue weighted by atomic mass is 16.5. The first-order chi connectivity index (χ1) is 9.99. The Morgan fingerprint density at radius 1 is 1.29 bits per heavy atom. The quantitative estimate of drug-likeness (QED) is 0.858. The van der Waals surface area contributed by atoms with E-state index in [4.69, 9.17) is 9.47 Å². The van der Waals surface area contributed by atoms with Crippen LogP contribution in [0.3, 0.4) is 0 Å². The number of nitrogens with zero attached hydrogens (tertiary/aromatic N) is 2. The van der Waals surface area contributed by atoms with Crippen LogP contribution in [0.1, 0.15) is 42.2 Å². The minimum Gasteiger partial charge on any atom is -0.480 e. The summed E-state index contributed by atoms with van der Waals surface area (Å²) in [6.45, 7) is 5.43. The first-order valence-corrected chi connectivity index (χ1v) is 7.35. The molecule has 0 aromatic carbocycles. The van der Waals surface area contributed by atoms with Gasteiger partial charge in [-0.15, -0.1) is 0 Å². The molecule has 0 radical (unpaired) electrons. The van der Waals surface area contributed by atoms with E-state index in [0.717, 1.165) is 31.5 Å². The number of amides is 1. The second-order valence-electron chi connectivity index (χ2n) is 5.81. The Hall–Kier alpha value is -1.62. The lowest BCUT2D eigenvalue weighted by atomic mass is 9.97. The maximum absolute atomic E-state index is 12.7. The summed E-state index contributed by atoms with van der Waals surface area (Å²) in [5.41, 5.74) is 1.24. The summed E-state index contributed by atoms with van der Waals surface area (Å²) in [7, 11) is 3.29. The summed E-state index contributed by atoms with van der Waals surface area (Å²) in [5, 5.41) is 0. The Kier molecular flexibility index (Phi) is 4.83. The Morgan fingerprint density at radius 2 is 2.05 bits per heavy atom. The average Bonchev–Trinajstić information content (AvgIpc) is 2.69. The number of hydrogen-bond donors (Lipinski definition) is 0. The van der Waals surface area contributed by atoms with E-state index < -0.39 is 0 Å². The van der Waals surface area contributed by atoms with Crippen LogP contribution < -0.4 is 4.74 Å². The summed E-state index contributed by atoms with van der Waals surface area (Å²) in [6, 6.07) is 3.64. The SMILES string of the molecule is COc1nc(C)ccc1C(=O)N1CCCC(C)(OC)CC1. The molecule has 1 amide bonds. The molecule has 0 bridgehead atoms. The Bertz CT molecular complexity index is 518. The van der Waals surface area contributed by atoms with E-state index in [1.165, 1.54) is 0 Å². The van der Waals surface area contributed by atoms with Gasteiger partial charge in [-0.25, -0.2) is 4.98 Å². The van der Waals surface area contributed by atoms with Crippen molar-refractivity contribution in [3.8, 4) is 5.88 Å². The molecule has 1 aliphatic heterocycles. The minimum atomic E-state index is -0.134. The van der Waals surface area contributed by atoms with Crippen LogP contribution in [0.25, 0.3) is 0 Å². The zero-order chi connectivity index (χ0) is 15.5. The number of carbonyl (C=O) groups is 1. The number of pyridine rings is 1. The van der Waals surface area contributed by atoms with Crippen LogP contribution in [0.5, 0.6) is 5.88 Å². The normalized spacial score (nSPS) is 22.8. The largest absolute Gasteiger partial charge is 0.480 e. The van der Waals surface area contributed by atoms with Gasteiger partial charge in [0.05, 0.1) is 12.7 Å². The number of aryl methyl sites for hydroxylation is 1. The standard InChI is InChI=1S/C16H24N2O3/c1-12-6-7-13(14(17-12)20-3)15(19)18-10-5-8-16(2,21-4)9-11-18/h6-7H,5,8-11H2,1-4H3. The first-order valence-electron chi connectivity index (χ1n) is 7.35. The zero-order valence-corrected chi connectivity index (χ0v) is 13.3. The van der Waals surface area contributed by atoms with Crippen LogP contribution in [-0.4, -0.2) is 48.7 Å². The van der Waals surface area contributed by atoms with Crippen molar-refractivity contribution >= 4 is 5.91 Å². The van der Waals surface area contributed by atoms with E-state index in [2.05, 4.69) is 11.9 Å². The van der Waals surface area contributed by atoms with Gasteiger partial charge in [-0.05, 0) is 45.2 Å². The van der Waals surface area contributed by atoms with Crippen LogP contribution in [-0.2, 0) is 4.74 Å². The van der Waals surface area contributed by atoms with Gasteiger partial charge in [-0.2, -0.15) is 0 Å². The monoisotopic (exact) mass is 292 g/mol. The number of carbonyl (C=O) groups excluding carboxylic acids is 1. The van der Waals surface area contributed by atoms with Gasteiger partial charge >= 0.3 is 0 Å². The van der Waals surface area contributed by atoms with Gasteiger partial charge in [0.25, 0.3) is 5.91 Å². The third-order valence-corrected chi connectivity index (χ3v) is 4.25. The fourth-order valence-electron chi connectivity index (χ4n) is 2.68. The molecular formula is C16H24N2O3. The molecule has 1 aromatic rings. The molecule has 1 aliphatic rings. The van der Waals surface area contributed by atoms with Crippen molar-refractivity contribution in [2.45, 2.75) is 38.7 Å². The molecule has 1 unspecified atom stereocenters. The van der Waals surface area contributed by atoms with Crippen molar-refractivity contribution in [2.24, 2.45) is 0 Å². The van der Waals surface area contributed by atoms with Crippen LogP contribution >= 0.6 is 0 Å². The number of likely N-dealkylation sites (tertiary alicyclic amines) is 1. The summed E-state index contributed by atoms with van der Waals surface area (Å²) < 4.78 is 10.8. The highest BCUT2D eigenvalue weighted by Gasteiger charge is 2.30. The fraction of sp³-hybridized carbons (Fsp3) is 0.625. The molecule has 2 heterocycles. The van der Waals surface area contributed by atoms with Crippen molar-refractivity contribution in [1.29, 1.82) is 0 Å². The fourth-order valence-corrected chi connectivity index (χ4v) is 2.68. The molecule has 5 nitrogen and oxygen atoms in total. The molecule has 116 valence electrons. The lowest BCUT2D eigenvalue weighted by Crippen LogP contribution is -2.34. The second kappa shape index (κ2) is 6.43. The predicted molar refractivity (Wildman–Crippen MR) is 80.7 cm³/mol. The van der Waals surface area contributed by atoms with E-state index in [1.807, 2.05) is 17.9 Å². The average molecular weight is 292 g/mol. The number of methoxy groups -OCH3 is 2. The van der Waals surface area contributed by atoms with Crippen molar-refractivity contribution in [3.05, 3.63) is 23.4 Å². The van der Waals surface area contributed by atoms with E-state index in [-0.39, 0.29) is 11.5 Å². The number of ether oxygens (including phenoxy) is 2. The summed E-state index contributed by atoms with van der Waals surface area (Å²) >= 11 is 0. The van der Waals surface area contributed by atoms with Crippen molar-refractivity contribution < 1.29 is 14.3 Å². The number of hydrogen-bond acceptors (Lipinski definition) is 4. The third-order valence-electron chi connectivity index (χ3n) is 4.25. The molecular weight excluding hydrogens is 268 g/mol. The van der Waals surface area contributed by atoms with Crippen molar-refractivity contribution in [3.63, 3.8) is 0 Å². The molecule has 1 saturated heterocycles. The zero-order valence-electron chi connectivity index (χ0n) is 13.3. The van der Waals surface area contributed by atoms with Gasteiger partial charge in [0.1, 0.15) is 5.56 Å². The van der Waals surface area contributed by atoms with E-state index in [1.54, 1.807) is 20.3 Å². The lowest BCUT2D eigenvalue weighted by molar-refractivity contribution is -0.00537. The van der Waals surface area contributed by atoms with Crippen LogP contribution in [0.15, 0.2) is 12.1 Å². The van der Waals surface area contributed by atoms with Crippen LogP contribution in [0.4, 0.5) is 0 Å². The Balaban J connectivity index is 2.17. The van der Waals surface area contributed by atoms with Gasteiger partial charge < -0.3 is 14.4 Å². The second-order valence-corrected chi connectivity index (χ2v) is 5.81. The molecule has 0 spiro atoms. The van der Waals surface area contributed by atoms with Gasteiger partial charge in [0, 0.05) is 25.9 Å². The van der Waals surface area contributed by atoms with Crippen LogP contribution in [0.2, 0.25) is 0 Å². The molecule has 1 fully saturated rings. The molecule has 21 heavy (non-hydrogen) atoms. The molecule has 1 atom stereocenters. The van der Waals surface area contributed by atoms with Gasteiger partial charge in [-0.1, -0.05) is 0 Å². The van der Waals surface area contributed by atoms with Crippen LogP contribution in [0, 0.1) is 6.92 Å². The van der Waals surface area contributed by atoms with E-state index in [0.29, 0.717) is 18.0 Å². The molecule has 0 N–H and O–H groups in total. The molecule has 2 rings (SSSR count). The van der Waals surface area contributed by atoms with Gasteiger partial charge in [0.2, 0.25) is 5.88 Å². The minimum absolute atomic E-state index is 0.0142. The van der Waals surface area contributed by atoms with E-state index >= 15 is 0 Å². The summed E-state index contributed by atoms with van der Waals surface area (Å²) in [6.07, 6.45) is 2.76. The highest BCUT2D eigenvalue weighted by molar-refractivity contribution is 5.96. The van der Waals surface area contributed by atoms with Crippen molar-refractivity contribution in [1.82, 2.24) is 9.88 Å². The first kappa shape index (κ1) is 15.8. The summed E-state index contributed by atoms with van der Waals surface area (Å²) in [4.78, 5) is 18.9. The Labute approximate surface area is 126 Å². The smallest absolute Gasteiger partial charge is 0.259 e. The lowest BCUT2D eigenvalue weighted by Gasteiger charge is -2.26. The predicted octanol–water partition coefficient (Wildman–Crippen LogP) is 2.43. The highest BCUT2D eigenvalue weighted by Crippen LogP contribution is 2.27. The molecule has 1 aromatic heterocycles. The summed E-state index contributed by atoms with van der Waals surface area (Å²) in [5.74, 6) is 0.387. The van der Waals surface area contributed by atoms with Gasteiger partial charge in [-0.3, -0.25) is 4.79 Å². The topological polar surface area (TPSA) is 51.7 Å². The molecule has 0 aliphatic carbocycles. The molecule has 5 heteroatoms. The Morgan fingerprint density at radius 3 is 2.71 bits per heavy atom. The molecule has 0 saturated carbocycles. The maximum Gasteiger partial charge on any atom is 0.259 e. The van der Waals surface area contributed by atoms with E-state index in [9.17, 15) is 4.79 Å². The number of aromatic nitrogens is 1.